The predicted molar refractivity (Wildman–Crippen MR) is 81.9 cm³/mol. The van der Waals surface area contributed by atoms with Crippen molar-refractivity contribution in [1.29, 1.82) is 0 Å². The van der Waals surface area contributed by atoms with Gasteiger partial charge in [-0.3, -0.25) is 10.1 Å². The lowest BCUT2D eigenvalue weighted by atomic mass is 10.2. The van der Waals surface area contributed by atoms with Gasteiger partial charge in [-0.05, 0) is 21.5 Å². The van der Waals surface area contributed by atoms with Crippen LogP contribution in [0.5, 0.6) is 0 Å². The van der Waals surface area contributed by atoms with Crippen molar-refractivity contribution in [3.05, 3.63) is 50.2 Å². The second kappa shape index (κ2) is 6.77. The van der Waals surface area contributed by atoms with Gasteiger partial charge in [0.15, 0.2) is 0 Å². The zero-order valence-electron chi connectivity index (χ0n) is 11.8. The van der Waals surface area contributed by atoms with E-state index >= 15 is 0 Å². The van der Waals surface area contributed by atoms with E-state index in [0.717, 1.165) is 11.3 Å². The summed E-state index contributed by atoms with van der Waals surface area (Å²) in [5, 5.41) is 22.3. The second-order valence-electron chi connectivity index (χ2n) is 4.95. The van der Waals surface area contributed by atoms with Crippen LogP contribution < -0.4 is 5.32 Å². The SMILES string of the molecule is CC(C)NCc1cn(Cc2cccc([N+](=O)[O-])c2Br)nn1. The molecule has 0 saturated carbocycles. The van der Waals surface area contributed by atoms with E-state index in [1.807, 2.05) is 12.3 Å². The fraction of sp³-hybridized carbons (Fsp3) is 0.385. The monoisotopic (exact) mass is 353 g/mol. The zero-order chi connectivity index (χ0) is 15.4. The molecular weight excluding hydrogens is 338 g/mol. The fourth-order valence-corrected chi connectivity index (χ4v) is 2.34. The van der Waals surface area contributed by atoms with Crippen molar-refractivity contribution in [3.8, 4) is 0 Å². The van der Waals surface area contributed by atoms with Gasteiger partial charge in [-0.2, -0.15) is 0 Å². The lowest BCUT2D eigenvalue weighted by Gasteiger charge is -2.05. The maximum absolute atomic E-state index is 10.9. The summed E-state index contributed by atoms with van der Waals surface area (Å²) in [6.45, 7) is 5.19. The number of nitro groups is 1. The molecule has 2 rings (SSSR count). The molecule has 1 aromatic carbocycles. The van der Waals surface area contributed by atoms with E-state index in [0.29, 0.717) is 23.6 Å². The van der Waals surface area contributed by atoms with Gasteiger partial charge in [0.05, 0.1) is 23.4 Å². The summed E-state index contributed by atoms with van der Waals surface area (Å²) in [5.74, 6) is 0. The van der Waals surface area contributed by atoms with Crippen molar-refractivity contribution < 1.29 is 4.92 Å². The summed E-state index contributed by atoms with van der Waals surface area (Å²) in [5.41, 5.74) is 1.68. The van der Waals surface area contributed by atoms with Crippen molar-refractivity contribution in [2.75, 3.05) is 0 Å². The van der Waals surface area contributed by atoms with Crippen molar-refractivity contribution in [2.24, 2.45) is 0 Å². The van der Waals surface area contributed by atoms with Gasteiger partial charge in [-0.15, -0.1) is 5.10 Å². The van der Waals surface area contributed by atoms with E-state index in [9.17, 15) is 10.1 Å². The van der Waals surface area contributed by atoms with Crippen LogP contribution >= 0.6 is 15.9 Å². The molecule has 1 N–H and O–H groups in total. The fourth-order valence-electron chi connectivity index (χ4n) is 1.81. The maximum atomic E-state index is 10.9. The van der Waals surface area contributed by atoms with Crippen LogP contribution in [0.4, 0.5) is 5.69 Å². The van der Waals surface area contributed by atoms with Crippen LogP contribution in [-0.2, 0) is 13.1 Å². The molecule has 1 heterocycles. The van der Waals surface area contributed by atoms with Gasteiger partial charge in [-0.1, -0.05) is 31.2 Å². The Balaban J connectivity index is 2.12. The Labute approximate surface area is 130 Å². The topological polar surface area (TPSA) is 85.9 Å². The van der Waals surface area contributed by atoms with Crippen molar-refractivity contribution in [2.45, 2.75) is 33.0 Å². The molecule has 1 aromatic heterocycles. The molecule has 0 saturated heterocycles. The van der Waals surface area contributed by atoms with Crippen LogP contribution in [0.15, 0.2) is 28.9 Å². The number of hydrogen-bond acceptors (Lipinski definition) is 5. The van der Waals surface area contributed by atoms with E-state index < -0.39 is 4.92 Å². The van der Waals surface area contributed by atoms with E-state index in [4.69, 9.17) is 0 Å². The van der Waals surface area contributed by atoms with Crippen molar-refractivity contribution in [1.82, 2.24) is 20.3 Å². The third kappa shape index (κ3) is 4.08. The first kappa shape index (κ1) is 15.6. The minimum absolute atomic E-state index is 0.0503. The maximum Gasteiger partial charge on any atom is 0.283 e. The molecule has 0 atom stereocenters. The Bertz CT molecular complexity index is 641. The van der Waals surface area contributed by atoms with Crippen molar-refractivity contribution in [3.63, 3.8) is 0 Å². The summed E-state index contributed by atoms with van der Waals surface area (Å²) < 4.78 is 2.15. The van der Waals surface area contributed by atoms with E-state index in [2.05, 4.69) is 45.4 Å². The minimum Gasteiger partial charge on any atom is -0.309 e. The molecule has 0 aliphatic rings. The van der Waals surface area contributed by atoms with Crippen LogP contribution in [0, 0.1) is 10.1 Å². The smallest absolute Gasteiger partial charge is 0.283 e. The molecule has 0 bridgehead atoms. The molecular formula is C13H16BrN5O2. The number of aromatic nitrogens is 3. The molecule has 0 fully saturated rings. The van der Waals surface area contributed by atoms with Crippen LogP contribution in [-0.4, -0.2) is 26.0 Å². The average molecular weight is 354 g/mol. The Morgan fingerprint density at radius 2 is 2.24 bits per heavy atom. The first-order chi connectivity index (χ1) is 9.97. The van der Waals surface area contributed by atoms with Gasteiger partial charge >= 0.3 is 0 Å². The number of nitrogens with zero attached hydrogens (tertiary/aromatic N) is 4. The Hall–Kier alpha value is -1.80. The third-order valence-corrected chi connectivity index (χ3v) is 3.78. The Kier molecular flexibility index (Phi) is 5.03. The summed E-state index contributed by atoms with van der Waals surface area (Å²) in [6, 6.07) is 5.33. The highest BCUT2D eigenvalue weighted by Crippen LogP contribution is 2.28. The van der Waals surface area contributed by atoms with Crippen LogP contribution in [0.1, 0.15) is 25.1 Å². The van der Waals surface area contributed by atoms with E-state index in [1.165, 1.54) is 6.07 Å². The van der Waals surface area contributed by atoms with Crippen molar-refractivity contribution >= 4 is 21.6 Å². The number of hydrogen-bond donors (Lipinski definition) is 1. The molecule has 112 valence electrons. The van der Waals surface area contributed by atoms with Gasteiger partial charge in [0, 0.05) is 18.7 Å². The number of rotatable bonds is 6. The van der Waals surface area contributed by atoms with Crippen LogP contribution in [0.25, 0.3) is 0 Å². The molecule has 21 heavy (non-hydrogen) atoms. The lowest BCUT2D eigenvalue weighted by Crippen LogP contribution is -2.21. The highest BCUT2D eigenvalue weighted by molar-refractivity contribution is 9.10. The molecule has 2 aromatic rings. The first-order valence-electron chi connectivity index (χ1n) is 6.51. The van der Waals surface area contributed by atoms with Crippen LogP contribution in [0.3, 0.4) is 0 Å². The molecule has 0 aliphatic heterocycles. The first-order valence-corrected chi connectivity index (χ1v) is 7.31. The molecule has 0 aliphatic carbocycles. The van der Waals surface area contributed by atoms with Gasteiger partial charge in [-0.25, -0.2) is 4.68 Å². The third-order valence-electron chi connectivity index (χ3n) is 2.86. The lowest BCUT2D eigenvalue weighted by molar-refractivity contribution is -0.385. The summed E-state index contributed by atoms with van der Waals surface area (Å²) in [4.78, 5) is 10.5. The number of nitrogens with one attached hydrogen (secondary N) is 1. The number of nitro benzene ring substituents is 1. The highest BCUT2D eigenvalue weighted by atomic mass is 79.9. The summed E-state index contributed by atoms with van der Waals surface area (Å²) in [7, 11) is 0. The molecule has 0 spiro atoms. The predicted octanol–water partition coefficient (Wildman–Crippen LogP) is 2.50. The summed E-state index contributed by atoms with van der Waals surface area (Å²) in [6.07, 6.45) is 1.83. The van der Waals surface area contributed by atoms with E-state index in [-0.39, 0.29) is 5.69 Å². The van der Waals surface area contributed by atoms with Crippen LogP contribution in [0.2, 0.25) is 0 Å². The minimum atomic E-state index is -0.410. The molecule has 7 nitrogen and oxygen atoms in total. The molecule has 0 unspecified atom stereocenters. The van der Waals surface area contributed by atoms with Gasteiger partial charge in [0.1, 0.15) is 4.47 Å². The van der Waals surface area contributed by atoms with Gasteiger partial charge < -0.3 is 5.32 Å². The standard InChI is InChI=1S/C13H16BrN5O2/c1-9(2)15-6-11-8-18(17-16-11)7-10-4-3-5-12(13(10)14)19(20)21/h3-5,8-9,15H,6-7H2,1-2H3. The quantitative estimate of drug-likeness (QED) is 0.636. The Morgan fingerprint density at radius 1 is 1.48 bits per heavy atom. The highest BCUT2D eigenvalue weighted by Gasteiger charge is 2.15. The number of halogens is 1. The second-order valence-corrected chi connectivity index (χ2v) is 5.74. The summed E-state index contributed by atoms with van der Waals surface area (Å²) >= 11 is 3.28. The zero-order valence-corrected chi connectivity index (χ0v) is 13.4. The number of benzene rings is 1. The normalized spacial score (nSPS) is 11.0. The van der Waals surface area contributed by atoms with E-state index in [1.54, 1.807) is 10.7 Å². The Morgan fingerprint density at radius 3 is 2.90 bits per heavy atom. The molecule has 0 radical (unpaired) electrons. The molecule has 0 amide bonds. The largest absolute Gasteiger partial charge is 0.309 e. The van der Waals surface area contributed by atoms with Gasteiger partial charge in [0.25, 0.3) is 5.69 Å². The average Bonchev–Trinajstić information content (AvgIpc) is 2.86. The molecule has 8 heteroatoms. The van der Waals surface area contributed by atoms with Gasteiger partial charge in [0.2, 0.25) is 0 Å².